The molecule has 0 spiro atoms. The fourth-order valence-electron chi connectivity index (χ4n) is 1.24. The van der Waals surface area contributed by atoms with Crippen LogP contribution in [0.3, 0.4) is 0 Å². The van der Waals surface area contributed by atoms with Crippen molar-refractivity contribution in [2.45, 2.75) is 26.5 Å². The molecule has 17 heavy (non-hydrogen) atoms. The molecule has 0 aliphatic heterocycles. The molecule has 0 fully saturated rings. The summed E-state index contributed by atoms with van der Waals surface area (Å²) < 4.78 is 10.2. The lowest BCUT2D eigenvalue weighted by molar-refractivity contribution is -0.127. The molecule has 4 heteroatoms. The second-order valence-electron chi connectivity index (χ2n) is 3.98. The number of amides is 1. The smallest absolute Gasteiger partial charge is 0.246 e. The highest BCUT2D eigenvalue weighted by Gasteiger charge is 2.03. The molecule has 1 amide bonds. The fraction of sp³-hybridized carbons (Fsp3) is 0.462. The molecule has 0 unspecified atom stereocenters. The van der Waals surface area contributed by atoms with Gasteiger partial charge in [-0.1, -0.05) is 12.1 Å². The second kappa shape index (κ2) is 6.91. The van der Waals surface area contributed by atoms with Crippen molar-refractivity contribution in [3.63, 3.8) is 0 Å². The van der Waals surface area contributed by atoms with Gasteiger partial charge in [-0.15, -0.1) is 0 Å². The van der Waals surface area contributed by atoms with E-state index in [0.29, 0.717) is 6.54 Å². The maximum atomic E-state index is 11.4. The molecular weight excluding hydrogens is 218 g/mol. The van der Waals surface area contributed by atoms with Crippen LogP contribution in [0.25, 0.3) is 0 Å². The molecule has 0 aromatic heterocycles. The Balaban J connectivity index is 2.31. The highest BCUT2D eigenvalue weighted by molar-refractivity contribution is 5.77. The van der Waals surface area contributed by atoms with Gasteiger partial charge in [0.2, 0.25) is 5.91 Å². The molecule has 0 saturated heterocycles. The standard InChI is InChI=1S/C13H19NO3/c1-10(2)17-9-13(15)14-8-11-4-6-12(16-3)7-5-11/h4-7,10H,8-9H2,1-3H3,(H,14,15). The Labute approximate surface area is 102 Å². The number of carbonyl (C=O) groups is 1. The average Bonchev–Trinajstić information content (AvgIpc) is 2.34. The fourth-order valence-corrected chi connectivity index (χ4v) is 1.24. The van der Waals surface area contributed by atoms with Crippen molar-refractivity contribution in [3.8, 4) is 5.75 Å². The third kappa shape index (κ3) is 5.36. The maximum absolute atomic E-state index is 11.4. The molecule has 0 saturated carbocycles. The minimum atomic E-state index is -0.102. The normalized spacial score (nSPS) is 10.4. The third-order valence-electron chi connectivity index (χ3n) is 2.20. The Morgan fingerprint density at radius 3 is 2.47 bits per heavy atom. The van der Waals surface area contributed by atoms with Crippen molar-refractivity contribution in [1.82, 2.24) is 5.32 Å². The van der Waals surface area contributed by atoms with E-state index in [-0.39, 0.29) is 18.6 Å². The molecule has 0 heterocycles. The minimum absolute atomic E-state index is 0.0711. The van der Waals surface area contributed by atoms with Crippen LogP contribution in [0.5, 0.6) is 5.75 Å². The van der Waals surface area contributed by atoms with Gasteiger partial charge in [-0.25, -0.2) is 0 Å². The number of hydrogen-bond acceptors (Lipinski definition) is 3. The predicted octanol–water partition coefficient (Wildman–Crippen LogP) is 1.74. The van der Waals surface area contributed by atoms with Gasteiger partial charge in [0.05, 0.1) is 13.2 Å². The van der Waals surface area contributed by atoms with E-state index in [1.807, 2.05) is 38.1 Å². The summed E-state index contributed by atoms with van der Waals surface area (Å²) in [7, 11) is 1.63. The van der Waals surface area contributed by atoms with Gasteiger partial charge in [-0.3, -0.25) is 4.79 Å². The van der Waals surface area contributed by atoms with Gasteiger partial charge < -0.3 is 14.8 Å². The van der Waals surface area contributed by atoms with Gasteiger partial charge in [0.15, 0.2) is 0 Å². The van der Waals surface area contributed by atoms with Crippen LogP contribution in [0.4, 0.5) is 0 Å². The van der Waals surface area contributed by atoms with Crippen LogP contribution in [0.1, 0.15) is 19.4 Å². The Bertz CT molecular complexity index is 346. The number of ether oxygens (including phenoxy) is 2. The minimum Gasteiger partial charge on any atom is -0.497 e. The molecule has 1 aromatic carbocycles. The van der Waals surface area contributed by atoms with Crippen LogP contribution >= 0.6 is 0 Å². The van der Waals surface area contributed by atoms with Crippen molar-refractivity contribution >= 4 is 5.91 Å². The van der Waals surface area contributed by atoms with Gasteiger partial charge in [0, 0.05) is 6.54 Å². The Morgan fingerprint density at radius 1 is 1.29 bits per heavy atom. The summed E-state index contributed by atoms with van der Waals surface area (Å²) in [5.41, 5.74) is 1.03. The summed E-state index contributed by atoms with van der Waals surface area (Å²) in [5, 5.41) is 2.79. The molecule has 1 N–H and O–H groups in total. The number of nitrogens with one attached hydrogen (secondary N) is 1. The Morgan fingerprint density at radius 2 is 1.94 bits per heavy atom. The summed E-state index contributed by atoms with van der Waals surface area (Å²) in [6.45, 7) is 4.41. The van der Waals surface area contributed by atoms with Crippen LogP contribution in [0, 0.1) is 0 Å². The van der Waals surface area contributed by atoms with Crippen LogP contribution in [0.2, 0.25) is 0 Å². The van der Waals surface area contributed by atoms with Crippen molar-refractivity contribution < 1.29 is 14.3 Å². The lowest BCUT2D eigenvalue weighted by Gasteiger charge is -2.08. The summed E-state index contributed by atoms with van der Waals surface area (Å²) in [5.74, 6) is 0.706. The Hall–Kier alpha value is -1.55. The zero-order valence-corrected chi connectivity index (χ0v) is 10.5. The molecule has 4 nitrogen and oxygen atoms in total. The number of rotatable bonds is 6. The highest BCUT2D eigenvalue weighted by Crippen LogP contribution is 2.10. The van der Waals surface area contributed by atoms with E-state index < -0.39 is 0 Å². The molecule has 0 aliphatic rings. The highest BCUT2D eigenvalue weighted by atomic mass is 16.5. The van der Waals surface area contributed by atoms with E-state index in [0.717, 1.165) is 11.3 Å². The zero-order chi connectivity index (χ0) is 12.7. The van der Waals surface area contributed by atoms with E-state index in [1.54, 1.807) is 7.11 Å². The van der Waals surface area contributed by atoms with Gasteiger partial charge in [-0.2, -0.15) is 0 Å². The average molecular weight is 237 g/mol. The first kappa shape index (κ1) is 13.5. The first-order valence-electron chi connectivity index (χ1n) is 5.63. The monoisotopic (exact) mass is 237 g/mol. The van der Waals surface area contributed by atoms with Gasteiger partial charge in [-0.05, 0) is 31.5 Å². The van der Waals surface area contributed by atoms with Crippen molar-refractivity contribution in [1.29, 1.82) is 0 Å². The number of hydrogen-bond donors (Lipinski definition) is 1. The number of methoxy groups -OCH3 is 1. The summed E-state index contributed by atoms with van der Waals surface area (Å²) in [6, 6.07) is 7.57. The third-order valence-corrected chi connectivity index (χ3v) is 2.20. The van der Waals surface area contributed by atoms with Gasteiger partial charge in [0.25, 0.3) is 0 Å². The quantitative estimate of drug-likeness (QED) is 0.819. The first-order chi connectivity index (χ1) is 8.11. The van der Waals surface area contributed by atoms with Gasteiger partial charge >= 0.3 is 0 Å². The zero-order valence-electron chi connectivity index (χ0n) is 10.5. The van der Waals surface area contributed by atoms with Gasteiger partial charge in [0.1, 0.15) is 12.4 Å². The van der Waals surface area contributed by atoms with E-state index in [9.17, 15) is 4.79 Å². The van der Waals surface area contributed by atoms with Crippen LogP contribution in [-0.4, -0.2) is 25.7 Å². The van der Waals surface area contributed by atoms with Crippen molar-refractivity contribution in [2.24, 2.45) is 0 Å². The number of carbonyl (C=O) groups excluding carboxylic acids is 1. The molecule has 1 aromatic rings. The molecule has 1 rings (SSSR count). The summed E-state index contributed by atoms with van der Waals surface area (Å²) >= 11 is 0. The number of benzene rings is 1. The van der Waals surface area contributed by atoms with E-state index in [2.05, 4.69) is 5.32 Å². The molecule has 0 radical (unpaired) electrons. The van der Waals surface area contributed by atoms with Crippen LogP contribution in [0.15, 0.2) is 24.3 Å². The lowest BCUT2D eigenvalue weighted by Crippen LogP contribution is -2.28. The molecule has 94 valence electrons. The lowest BCUT2D eigenvalue weighted by atomic mass is 10.2. The first-order valence-corrected chi connectivity index (χ1v) is 5.63. The van der Waals surface area contributed by atoms with E-state index >= 15 is 0 Å². The van der Waals surface area contributed by atoms with Crippen molar-refractivity contribution in [2.75, 3.05) is 13.7 Å². The maximum Gasteiger partial charge on any atom is 0.246 e. The Kier molecular flexibility index (Phi) is 5.49. The molecule has 0 bridgehead atoms. The predicted molar refractivity (Wildman–Crippen MR) is 65.9 cm³/mol. The molecule has 0 aliphatic carbocycles. The summed E-state index contributed by atoms with van der Waals surface area (Å²) in [6.07, 6.45) is 0.0711. The van der Waals surface area contributed by atoms with E-state index in [1.165, 1.54) is 0 Å². The topological polar surface area (TPSA) is 47.6 Å². The molecule has 0 atom stereocenters. The van der Waals surface area contributed by atoms with Crippen LogP contribution in [-0.2, 0) is 16.1 Å². The summed E-state index contributed by atoms with van der Waals surface area (Å²) in [4.78, 5) is 11.4. The van der Waals surface area contributed by atoms with Crippen molar-refractivity contribution in [3.05, 3.63) is 29.8 Å². The SMILES string of the molecule is COc1ccc(CNC(=O)COC(C)C)cc1. The molecular formula is C13H19NO3. The second-order valence-corrected chi connectivity index (χ2v) is 3.98. The van der Waals surface area contributed by atoms with Crippen LogP contribution < -0.4 is 10.1 Å². The largest absolute Gasteiger partial charge is 0.497 e. The van der Waals surface area contributed by atoms with E-state index in [4.69, 9.17) is 9.47 Å².